The molecule has 1 saturated heterocycles. The van der Waals surface area contributed by atoms with Crippen LogP contribution in [0.1, 0.15) is 297 Å². The van der Waals surface area contributed by atoms with E-state index in [2.05, 4.69) is 99.0 Å². The molecular formula is C72H127NO10. The molecule has 0 aliphatic carbocycles. The van der Waals surface area contributed by atoms with Crippen LogP contribution < -0.4 is 5.32 Å². The van der Waals surface area contributed by atoms with Crippen LogP contribution in [0.5, 0.6) is 0 Å². The van der Waals surface area contributed by atoms with Crippen LogP contribution in [-0.4, -0.2) is 99.6 Å². The van der Waals surface area contributed by atoms with Gasteiger partial charge in [-0.05, 0) is 103 Å². The van der Waals surface area contributed by atoms with Crippen molar-refractivity contribution in [3.05, 3.63) is 85.1 Å². The van der Waals surface area contributed by atoms with Crippen LogP contribution in [0, 0.1) is 0 Å². The number of amides is 1. The summed E-state index contributed by atoms with van der Waals surface area (Å²) in [5.74, 6) is -1.21. The van der Waals surface area contributed by atoms with Gasteiger partial charge < -0.3 is 45.1 Å². The van der Waals surface area contributed by atoms with Gasteiger partial charge >= 0.3 is 5.97 Å². The fraction of sp³-hybridized carbons (Fsp3) is 0.778. The van der Waals surface area contributed by atoms with E-state index in [1.807, 2.05) is 6.08 Å². The van der Waals surface area contributed by atoms with Crippen LogP contribution in [0.15, 0.2) is 85.1 Å². The Morgan fingerprint density at radius 1 is 0.470 bits per heavy atom. The van der Waals surface area contributed by atoms with Crippen LogP contribution >= 0.6 is 0 Å². The third kappa shape index (κ3) is 46.7. The van der Waals surface area contributed by atoms with Gasteiger partial charge in [0, 0.05) is 6.42 Å². The third-order valence-corrected chi connectivity index (χ3v) is 15.8. The Labute approximate surface area is 508 Å². The maximum absolute atomic E-state index is 13.5. The monoisotopic (exact) mass is 1170 g/mol. The van der Waals surface area contributed by atoms with E-state index in [9.17, 15) is 35.1 Å². The number of aliphatic hydroxyl groups excluding tert-OH is 5. The Morgan fingerprint density at radius 2 is 0.831 bits per heavy atom. The lowest BCUT2D eigenvalue weighted by atomic mass is 9.99. The quantitative estimate of drug-likeness (QED) is 0.0195. The maximum atomic E-state index is 13.5. The van der Waals surface area contributed by atoms with Gasteiger partial charge in [-0.15, -0.1) is 0 Å². The molecule has 8 atom stereocenters. The molecule has 1 amide bonds. The van der Waals surface area contributed by atoms with Gasteiger partial charge in [0.15, 0.2) is 12.4 Å². The number of nitrogens with one attached hydrogen (secondary N) is 1. The van der Waals surface area contributed by atoms with Crippen LogP contribution in [0.25, 0.3) is 0 Å². The van der Waals surface area contributed by atoms with Gasteiger partial charge in [0.2, 0.25) is 5.91 Å². The zero-order chi connectivity index (χ0) is 60.3. The highest BCUT2D eigenvalue weighted by atomic mass is 16.7. The normalized spacial score (nSPS) is 19.1. The van der Waals surface area contributed by atoms with Crippen molar-refractivity contribution in [2.75, 3.05) is 13.2 Å². The van der Waals surface area contributed by atoms with Crippen molar-refractivity contribution >= 4 is 11.9 Å². The zero-order valence-electron chi connectivity index (χ0n) is 53.3. The van der Waals surface area contributed by atoms with E-state index in [-0.39, 0.29) is 19.4 Å². The Morgan fingerprint density at radius 3 is 1.27 bits per heavy atom. The molecule has 1 fully saturated rings. The van der Waals surface area contributed by atoms with Crippen LogP contribution in [0.2, 0.25) is 0 Å². The second-order valence-electron chi connectivity index (χ2n) is 23.6. The van der Waals surface area contributed by atoms with Gasteiger partial charge in [-0.3, -0.25) is 9.59 Å². The number of allylic oxidation sites excluding steroid dienone is 13. The summed E-state index contributed by atoms with van der Waals surface area (Å²) < 4.78 is 17.7. The van der Waals surface area contributed by atoms with Crippen molar-refractivity contribution in [2.24, 2.45) is 0 Å². The first-order valence-corrected chi connectivity index (χ1v) is 34.4. The lowest BCUT2D eigenvalue weighted by molar-refractivity contribution is -0.305. The molecule has 11 nitrogen and oxygen atoms in total. The van der Waals surface area contributed by atoms with E-state index in [0.29, 0.717) is 12.8 Å². The van der Waals surface area contributed by atoms with E-state index >= 15 is 0 Å². The molecule has 0 radical (unpaired) electrons. The molecule has 6 N–H and O–H groups in total. The second-order valence-corrected chi connectivity index (χ2v) is 23.6. The van der Waals surface area contributed by atoms with Crippen molar-refractivity contribution in [1.29, 1.82) is 0 Å². The number of carbonyl (C=O) groups excluding carboxylic acids is 2. The zero-order valence-corrected chi connectivity index (χ0v) is 53.3. The van der Waals surface area contributed by atoms with E-state index in [1.165, 1.54) is 141 Å². The summed E-state index contributed by atoms with van der Waals surface area (Å²) in [4.78, 5) is 26.7. The summed E-state index contributed by atoms with van der Waals surface area (Å²) in [6, 6.07) is -1.03. The van der Waals surface area contributed by atoms with E-state index in [0.717, 1.165) is 109 Å². The Bertz CT molecular complexity index is 1670. The topological polar surface area (TPSA) is 175 Å². The Kier molecular flexibility index (Phi) is 55.5. The smallest absolute Gasteiger partial charge is 0.306 e. The Hall–Kier alpha value is -3.16. The van der Waals surface area contributed by atoms with E-state index in [1.54, 1.807) is 6.08 Å². The van der Waals surface area contributed by atoms with Crippen molar-refractivity contribution < 1.29 is 49.3 Å². The van der Waals surface area contributed by atoms with Crippen molar-refractivity contribution in [2.45, 2.75) is 346 Å². The molecule has 0 spiro atoms. The number of unbranched alkanes of at least 4 members (excludes halogenated alkanes) is 32. The van der Waals surface area contributed by atoms with Gasteiger partial charge in [0.05, 0.1) is 25.4 Å². The highest BCUT2D eigenvalue weighted by Gasteiger charge is 2.47. The molecule has 0 bridgehead atoms. The van der Waals surface area contributed by atoms with E-state index < -0.39 is 67.4 Å². The molecule has 11 heteroatoms. The number of aliphatic hydroxyl groups is 5. The summed E-state index contributed by atoms with van der Waals surface area (Å²) >= 11 is 0. The highest BCUT2D eigenvalue weighted by molar-refractivity contribution is 5.80. The van der Waals surface area contributed by atoms with Crippen LogP contribution in [-0.2, 0) is 23.8 Å². The number of ether oxygens (including phenoxy) is 3. The minimum atomic E-state index is -1.62. The summed E-state index contributed by atoms with van der Waals surface area (Å²) in [5, 5.41) is 57.2. The molecule has 83 heavy (non-hydrogen) atoms. The summed E-state index contributed by atoms with van der Waals surface area (Å²) in [6.07, 6.45) is 67.5. The molecular weight excluding hydrogens is 1040 g/mol. The molecule has 8 unspecified atom stereocenters. The predicted molar refractivity (Wildman–Crippen MR) is 347 cm³/mol. The van der Waals surface area contributed by atoms with Crippen molar-refractivity contribution in [3.8, 4) is 0 Å². The average molecular weight is 1170 g/mol. The van der Waals surface area contributed by atoms with E-state index in [4.69, 9.17) is 14.2 Å². The fourth-order valence-corrected chi connectivity index (χ4v) is 10.3. The molecule has 0 saturated carbocycles. The minimum absolute atomic E-state index is 0.106. The summed E-state index contributed by atoms with van der Waals surface area (Å²) in [7, 11) is 0. The molecule has 0 aromatic carbocycles. The lowest BCUT2D eigenvalue weighted by Gasteiger charge is -2.41. The SMILES string of the molecule is CCCCC/C=C\C/C=C\C/C=C\CCCCCCCCCCCC(O)C(=O)NC(COC1OC(CO)C(O)C(O)C1OC(=O)CCCCCCCC/C=C\C/C=C\C/C=C\CCCCC)C(O)/C=C/CCCCCCCCCCCCC. The Balaban J connectivity index is 2.64. The fourth-order valence-electron chi connectivity index (χ4n) is 10.3. The number of hydrogen-bond acceptors (Lipinski definition) is 10. The van der Waals surface area contributed by atoms with Gasteiger partial charge in [-0.2, -0.15) is 0 Å². The standard InChI is InChI=1S/C72H127NO10/c1-4-7-10-13-16-19-22-25-27-29-31-32-33-35-36-38-41-44-47-50-53-56-59-65(76)71(80)73-63(64(75)58-55-52-49-46-43-40-24-21-18-15-12-9-6-3)62-81-72-70(69(79)68(78)66(61-74)82-72)83-67(77)60-57-54-51-48-45-42-39-37-34-30-28-26-23-20-17-14-11-8-5-2/h16-17,19-20,25-28,31-32,34,37,55,58,63-66,68-70,72,74-76,78-79H,4-15,18,21-24,29-30,33,35-36,38-54,56-57,59-62H2,1-3H3,(H,73,80)/b19-16-,20-17-,27-25-,28-26-,32-31-,37-34-,58-55+. The largest absolute Gasteiger partial charge is 0.454 e. The highest BCUT2D eigenvalue weighted by Crippen LogP contribution is 2.26. The molecule has 480 valence electrons. The molecule has 1 aliphatic rings. The van der Waals surface area contributed by atoms with Gasteiger partial charge in [-0.1, -0.05) is 273 Å². The lowest BCUT2D eigenvalue weighted by Crippen LogP contribution is -2.61. The predicted octanol–water partition coefficient (Wildman–Crippen LogP) is 17.3. The molecule has 1 rings (SSSR count). The number of esters is 1. The summed E-state index contributed by atoms with van der Waals surface area (Å²) in [5.41, 5.74) is 0. The average Bonchev–Trinajstić information content (AvgIpc) is 3.54. The number of rotatable bonds is 58. The number of carbonyl (C=O) groups is 2. The maximum Gasteiger partial charge on any atom is 0.306 e. The first kappa shape index (κ1) is 77.9. The van der Waals surface area contributed by atoms with Gasteiger partial charge in [0.1, 0.15) is 24.4 Å². The van der Waals surface area contributed by atoms with Crippen molar-refractivity contribution in [1.82, 2.24) is 5.32 Å². The third-order valence-electron chi connectivity index (χ3n) is 15.8. The molecule has 0 aromatic rings. The van der Waals surface area contributed by atoms with Crippen LogP contribution in [0.4, 0.5) is 0 Å². The molecule has 0 aromatic heterocycles. The van der Waals surface area contributed by atoms with Gasteiger partial charge in [0.25, 0.3) is 0 Å². The first-order valence-electron chi connectivity index (χ1n) is 34.4. The second kappa shape index (κ2) is 59.2. The first-order chi connectivity index (χ1) is 40.7. The minimum Gasteiger partial charge on any atom is -0.454 e. The van der Waals surface area contributed by atoms with Gasteiger partial charge in [-0.25, -0.2) is 0 Å². The van der Waals surface area contributed by atoms with Crippen LogP contribution in [0.3, 0.4) is 0 Å². The summed E-state index contributed by atoms with van der Waals surface area (Å²) in [6.45, 7) is 5.75. The molecule has 1 heterocycles. The van der Waals surface area contributed by atoms with Crippen molar-refractivity contribution in [3.63, 3.8) is 0 Å². The molecule has 1 aliphatic heterocycles. The number of hydrogen-bond donors (Lipinski definition) is 6.